The summed E-state index contributed by atoms with van der Waals surface area (Å²) in [6, 6.07) is 6.41. The van der Waals surface area contributed by atoms with E-state index in [1.54, 1.807) is 24.1 Å². The number of carbonyl (C=O) groups is 1. The maximum atomic E-state index is 16.6. The van der Waals surface area contributed by atoms with Gasteiger partial charge in [-0.05, 0) is 18.5 Å². The first kappa shape index (κ1) is 32.3. The number of ether oxygens (including phenoxy) is 1. The van der Waals surface area contributed by atoms with E-state index in [9.17, 15) is 22.4 Å². The molecule has 2 aromatic carbocycles. The van der Waals surface area contributed by atoms with Gasteiger partial charge in [0.1, 0.15) is 35.5 Å². The van der Waals surface area contributed by atoms with E-state index in [2.05, 4.69) is 26.4 Å². The van der Waals surface area contributed by atoms with Crippen LogP contribution >= 0.6 is 11.6 Å². The Kier molecular flexibility index (Phi) is 8.62. The van der Waals surface area contributed by atoms with Crippen LogP contribution in [0.5, 0.6) is 6.01 Å². The molecule has 0 N–H and O–H groups in total. The van der Waals surface area contributed by atoms with Crippen molar-refractivity contribution >= 4 is 45.0 Å². The van der Waals surface area contributed by atoms with E-state index in [0.29, 0.717) is 5.39 Å². The standard InChI is InChI=1S/C32H27ClF5N7O2/c1-17(34)30(46)45-10-9-44(14-20(45)11-39-2)29-22-12-40-27(21-6-4-5-18-7-8-23(35)25(33)24(18)21)26(36)28(22)41-31(42-29)47-15-19-13-43(3)16-32(19,37)38/h4-8,12,19-20H,1,9-11,13-16H2,3H3/t19?,20-/m0/s1. The van der Waals surface area contributed by atoms with E-state index in [0.717, 1.165) is 0 Å². The molecule has 0 saturated carbocycles. The molecule has 2 saturated heterocycles. The number of nitrogens with zero attached hydrogens (tertiary/aromatic N) is 7. The number of piperazine rings is 1. The average Bonchev–Trinajstić information content (AvgIpc) is 3.31. The second-order valence-corrected chi connectivity index (χ2v) is 12.0. The van der Waals surface area contributed by atoms with Gasteiger partial charge in [0, 0.05) is 43.3 Å². The molecule has 2 aliphatic heterocycles. The summed E-state index contributed by atoms with van der Waals surface area (Å²) >= 11 is 6.31. The van der Waals surface area contributed by atoms with E-state index in [1.807, 2.05) is 0 Å². The molecule has 0 radical (unpaired) electrons. The lowest BCUT2D eigenvalue weighted by molar-refractivity contribution is -0.131. The summed E-state index contributed by atoms with van der Waals surface area (Å²) in [5, 5.41) is 0.677. The topological polar surface area (TPSA) is 79.1 Å². The number of anilines is 1. The number of carbonyl (C=O) groups excluding carboxylic acids is 1. The number of halogens is 6. The molecule has 1 unspecified atom stereocenters. The van der Waals surface area contributed by atoms with Gasteiger partial charge < -0.3 is 19.4 Å². The number of fused-ring (bicyclic) bond motifs is 2. The maximum absolute atomic E-state index is 16.6. The minimum absolute atomic E-state index is 0.0000221. The average molecular weight is 672 g/mol. The van der Waals surface area contributed by atoms with Gasteiger partial charge >= 0.3 is 6.01 Å². The van der Waals surface area contributed by atoms with E-state index in [-0.39, 0.29) is 77.1 Å². The highest BCUT2D eigenvalue weighted by Crippen LogP contribution is 2.39. The van der Waals surface area contributed by atoms with Crippen LogP contribution in [0.4, 0.5) is 27.8 Å². The lowest BCUT2D eigenvalue weighted by Crippen LogP contribution is -2.56. The van der Waals surface area contributed by atoms with Crippen molar-refractivity contribution in [3.05, 3.63) is 77.0 Å². The number of likely N-dealkylation sites (tertiary alicyclic amines) is 1. The zero-order valence-corrected chi connectivity index (χ0v) is 25.7. The fourth-order valence-corrected chi connectivity index (χ4v) is 6.44. The van der Waals surface area contributed by atoms with Crippen LogP contribution in [0.2, 0.25) is 5.02 Å². The molecule has 4 aromatic rings. The van der Waals surface area contributed by atoms with Crippen LogP contribution in [0.3, 0.4) is 0 Å². The van der Waals surface area contributed by atoms with Crippen LogP contribution < -0.4 is 9.64 Å². The van der Waals surface area contributed by atoms with E-state index < -0.39 is 54.4 Å². The Morgan fingerprint density at radius 3 is 2.68 bits per heavy atom. The monoisotopic (exact) mass is 671 g/mol. The molecule has 2 atom stereocenters. The quantitative estimate of drug-likeness (QED) is 0.140. The molecule has 2 aliphatic rings. The SMILES string of the molecule is [C-]#[N+]C[C@H]1CN(c2nc(OCC3CN(C)CC3(F)F)nc3c(F)c(-c4cccc5ccc(F)c(Cl)c45)ncc23)CCN1C(=O)C(=C)F. The lowest BCUT2D eigenvalue weighted by Gasteiger charge is -2.39. The van der Waals surface area contributed by atoms with Gasteiger partial charge in [-0.25, -0.2) is 28.5 Å². The zero-order chi connectivity index (χ0) is 33.6. The van der Waals surface area contributed by atoms with Gasteiger partial charge in [0.05, 0.1) is 22.9 Å². The van der Waals surface area contributed by atoms with Crippen LogP contribution in [-0.2, 0) is 4.79 Å². The molecular formula is C32H27ClF5N7O2. The Balaban J connectivity index is 1.46. The molecule has 244 valence electrons. The zero-order valence-electron chi connectivity index (χ0n) is 25.0. The normalized spacial score (nSPS) is 19.7. The van der Waals surface area contributed by atoms with Crippen LogP contribution in [-0.4, -0.2) is 95.5 Å². The molecule has 9 nitrogen and oxygen atoms in total. The number of hydrogen-bond acceptors (Lipinski definition) is 7. The summed E-state index contributed by atoms with van der Waals surface area (Å²) in [5.41, 5.74) is -0.261. The number of rotatable bonds is 7. The summed E-state index contributed by atoms with van der Waals surface area (Å²) in [6.07, 6.45) is 1.32. The Morgan fingerprint density at radius 2 is 1.98 bits per heavy atom. The highest BCUT2D eigenvalue weighted by Gasteiger charge is 2.47. The molecule has 6 rings (SSSR count). The molecule has 2 aromatic heterocycles. The number of aromatic nitrogens is 3. The minimum atomic E-state index is -3.03. The Hall–Kier alpha value is -4.61. The Bertz CT molecular complexity index is 1960. The van der Waals surface area contributed by atoms with Gasteiger partial charge in [-0.15, -0.1) is 0 Å². The summed E-state index contributed by atoms with van der Waals surface area (Å²) < 4.78 is 79.7. The smallest absolute Gasteiger partial charge is 0.319 e. The van der Waals surface area contributed by atoms with Gasteiger partial charge in [-0.2, -0.15) is 9.97 Å². The third kappa shape index (κ3) is 6.01. The van der Waals surface area contributed by atoms with E-state index in [4.69, 9.17) is 22.9 Å². The van der Waals surface area contributed by atoms with Gasteiger partial charge in [-0.3, -0.25) is 14.7 Å². The molecule has 0 bridgehead atoms. The molecular weight excluding hydrogens is 645 g/mol. The van der Waals surface area contributed by atoms with E-state index >= 15 is 4.39 Å². The molecule has 4 heterocycles. The molecule has 1 amide bonds. The fraction of sp³-hybridized carbons (Fsp3) is 0.344. The predicted molar refractivity (Wildman–Crippen MR) is 166 cm³/mol. The number of amides is 1. The van der Waals surface area contributed by atoms with Gasteiger partial charge in [0.25, 0.3) is 11.8 Å². The predicted octanol–water partition coefficient (Wildman–Crippen LogP) is 5.77. The first-order valence-electron chi connectivity index (χ1n) is 14.6. The molecule has 0 aliphatic carbocycles. The number of pyridine rings is 1. The summed E-state index contributed by atoms with van der Waals surface area (Å²) in [7, 11) is 1.57. The lowest BCUT2D eigenvalue weighted by atomic mass is 10.0. The van der Waals surface area contributed by atoms with Crippen LogP contribution in [0.25, 0.3) is 37.8 Å². The second kappa shape index (κ2) is 12.5. The first-order chi connectivity index (χ1) is 22.4. The third-order valence-electron chi connectivity index (χ3n) is 8.43. The molecule has 15 heteroatoms. The highest BCUT2D eigenvalue weighted by molar-refractivity contribution is 6.36. The van der Waals surface area contributed by atoms with Crippen molar-refractivity contribution in [2.24, 2.45) is 5.92 Å². The van der Waals surface area contributed by atoms with E-state index in [1.165, 1.54) is 34.2 Å². The van der Waals surface area contributed by atoms with Crippen molar-refractivity contribution in [3.63, 3.8) is 0 Å². The van der Waals surface area contributed by atoms with Crippen LogP contribution in [0.15, 0.2) is 48.9 Å². The molecule has 2 fully saturated rings. The Labute approximate surface area is 271 Å². The maximum Gasteiger partial charge on any atom is 0.319 e. The van der Waals surface area contributed by atoms with Crippen LogP contribution in [0.1, 0.15) is 0 Å². The third-order valence-corrected chi connectivity index (χ3v) is 8.80. The number of hydrogen-bond donors (Lipinski definition) is 0. The van der Waals surface area contributed by atoms with Crippen molar-refractivity contribution < 1.29 is 31.5 Å². The first-order valence-corrected chi connectivity index (χ1v) is 14.9. The molecule has 47 heavy (non-hydrogen) atoms. The minimum Gasteiger partial charge on any atom is -0.463 e. The van der Waals surface area contributed by atoms with Gasteiger partial charge in [0.2, 0.25) is 6.54 Å². The van der Waals surface area contributed by atoms with Gasteiger partial charge in [-0.1, -0.05) is 42.4 Å². The number of benzene rings is 2. The van der Waals surface area contributed by atoms with Crippen molar-refractivity contribution in [2.45, 2.75) is 12.0 Å². The van der Waals surface area contributed by atoms with Crippen LogP contribution in [0, 0.1) is 24.1 Å². The van der Waals surface area contributed by atoms with Crippen molar-refractivity contribution in [1.82, 2.24) is 24.8 Å². The van der Waals surface area contributed by atoms with Crippen molar-refractivity contribution in [1.29, 1.82) is 0 Å². The summed E-state index contributed by atoms with van der Waals surface area (Å²) in [5.74, 6) is -7.83. The largest absolute Gasteiger partial charge is 0.463 e. The summed E-state index contributed by atoms with van der Waals surface area (Å²) in [6.45, 7) is 9.50. The van der Waals surface area contributed by atoms with Gasteiger partial charge in [0.15, 0.2) is 11.6 Å². The van der Waals surface area contributed by atoms with Crippen molar-refractivity contribution in [3.8, 4) is 17.3 Å². The highest BCUT2D eigenvalue weighted by atomic mass is 35.5. The molecule has 0 spiro atoms. The Morgan fingerprint density at radius 1 is 1.19 bits per heavy atom. The second-order valence-electron chi connectivity index (χ2n) is 11.6. The number of alkyl halides is 2. The summed E-state index contributed by atoms with van der Waals surface area (Å²) in [4.78, 5) is 33.3. The van der Waals surface area contributed by atoms with Crippen molar-refractivity contribution in [2.75, 3.05) is 57.8 Å². The fourth-order valence-electron chi connectivity index (χ4n) is 6.17.